The molecule has 4 heterocycles. The molecule has 4 aliphatic heterocycles. The topological polar surface area (TPSA) is 331 Å². The van der Waals surface area contributed by atoms with E-state index in [1.807, 2.05) is 6.92 Å². The molecule has 0 bridgehead atoms. The lowest BCUT2D eigenvalue weighted by Gasteiger charge is -2.72. The van der Waals surface area contributed by atoms with E-state index < -0.39 is 123 Å². The lowest BCUT2D eigenvalue weighted by molar-refractivity contribution is -0.396. The van der Waals surface area contributed by atoms with Crippen molar-refractivity contribution in [2.45, 2.75) is 237 Å². The van der Waals surface area contributed by atoms with Gasteiger partial charge < -0.3 is 94.1 Å². The van der Waals surface area contributed by atoms with Crippen molar-refractivity contribution in [2.24, 2.45) is 50.2 Å². The zero-order valence-corrected chi connectivity index (χ0v) is 44.7. The number of aliphatic carboxylic acids is 1. The smallest absolute Gasteiger partial charge is 0.335 e. The Hall–Kier alpha value is -2.42. The Bertz CT molecular complexity index is 2210. The normalized spacial score (nSPS) is 52.9. The Balaban J connectivity index is 0.980. The van der Waals surface area contributed by atoms with Gasteiger partial charge in [0.2, 0.25) is 12.1 Å². The Morgan fingerprint density at radius 1 is 0.693 bits per heavy atom. The van der Waals surface area contributed by atoms with Gasteiger partial charge in [0.15, 0.2) is 30.7 Å². The third kappa shape index (κ3) is 9.25. The first kappa shape index (κ1) is 57.3. The highest BCUT2D eigenvalue weighted by Crippen LogP contribution is 2.76. The lowest BCUT2D eigenvalue weighted by Crippen LogP contribution is -2.68. The molecule has 0 aromatic carbocycles. The molecule has 5 aliphatic carbocycles. The van der Waals surface area contributed by atoms with Crippen molar-refractivity contribution in [3.05, 3.63) is 23.2 Å². The molecule has 2 unspecified atom stereocenters. The van der Waals surface area contributed by atoms with Gasteiger partial charge in [-0.1, -0.05) is 60.1 Å². The molecule has 11 N–H and O–H groups in total. The minimum atomic E-state index is -2.09. The molecular formula is C54H84O21. The average molecular weight is 1070 g/mol. The standard InChI is InChI=1S/C54H84O21/c1-23-34(58)27(57)18-33(68-23)71-32-20-49(3,4)19-26-25-10-11-30-51(6)14-13-31(52(7,22-56)29(51)12-15-54(30,9)53(25,8)17-16-50(26,32)5)72-48-44(40(64)39(63)42(73-48)45(66)67)75-47-43(38(62)36(60)28(21-55)70-47)74-46-41(65)37(61)35(59)24(2)69-46/h10,24,26,28-33,35-44,46-48,55-56,58-65H,11-22H2,1-9H3,(H,66,67)/t24-,26-,28+,29+,30+,31-,32?,33?,35-,36-,37+,38-,39+,40-,41+,42-,43+,44+,46-,47-,48+,50+,51-,52+,53+,54+/m0/s1. The predicted molar refractivity (Wildman–Crippen MR) is 259 cm³/mol. The highest BCUT2D eigenvalue weighted by molar-refractivity contribution is 5.94. The van der Waals surface area contributed by atoms with Gasteiger partial charge in [0.25, 0.3) is 0 Å². The number of ketones is 1. The summed E-state index contributed by atoms with van der Waals surface area (Å²) in [5, 5.41) is 119. The van der Waals surface area contributed by atoms with Crippen LogP contribution in [0.1, 0.15) is 127 Å². The van der Waals surface area contributed by atoms with Crippen LogP contribution in [-0.2, 0) is 47.5 Å². The molecule has 0 spiro atoms. The van der Waals surface area contributed by atoms with Crippen molar-refractivity contribution >= 4 is 11.8 Å². The van der Waals surface area contributed by atoms with E-state index in [9.17, 15) is 65.8 Å². The van der Waals surface area contributed by atoms with E-state index in [-0.39, 0.29) is 81.3 Å². The summed E-state index contributed by atoms with van der Waals surface area (Å²) in [7, 11) is 0. The molecule has 21 heteroatoms. The zero-order valence-electron chi connectivity index (χ0n) is 44.7. The maximum Gasteiger partial charge on any atom is 0.335 e. The molecule has 0 radical (unpaired) electrons. The fourth-order valence-corrected chi connectivity index (χ4v) is 16.3. The third-order valence-electron chi connectivity index (χ3n) is 21.0. The maximum atomic E-state index is 12.7. The number of hydrogen-bond acceptors (Lipinski definition) is 20. The molecule has 3 saturated heterocycles. The number of carbonyl (C=O) groups is 2. The van der Waals surface area contributed by atoms with E-state index >= 15 is 0 Å². The summed E-state index contributed by atoms with van der Waals surface area (Å²) >= 11 is 0. The second-order valence-corrected chi connectivity index (χ2v) is 25.8. The molecule has 0 aromatic heterocycles. The maximum absolute atomic E-state index is 12.7. The number of aliphatic hydroxyl groups excluding tert-OH is 10. The summed E-state index contributed by atoms with van der Waals surface area (Å²) in [4.78, 5) is 25.3. The average Bonchev–Trinajstić information content (AvgIpc) is 3.35. The van der Waals surface area contributed by atoms with Gasteiger partial charge in [-0.05, 0) is 111 Å². The van der Waals surface area contributed by atoms with Crippen LogP contribution in [0.25, 0.3) is 0 Å². The van der Waals surface area contributed by atoms with Gasteiger partial charge in [-0.2, -0.15) is 0 Å². The second-order valence-electron chi connectivity index (χ2n) is 25.8. The molecule has 9 rings (SSSR count). The number of carbonyl (C=O) groups excluding carboxylic acids is 1. The fourth-order valence-electron chi connectivity index (χ4n) is 16.3. The monoisotopic (exact) mass is 1070 g/mol. The number of aliphatic hydroxyl groups is 10. The summed E-state index contributed by atoms with van der Waals surface area (Å²) in [5.74, 6) is -1.94. The number of ether oxygens (including phenoxy) is 8. The summed E-state index contributed by atoms with van der Waals surface area (Å²) in [6.07, 6.45) is -19.0. The summed E-state index contributed by atoms with van der Waals surface area (Å²) in [5.41, 5.74) is -0.538. The van der Waals surface area contributed by atoms with Crippen LogP contribution in [0.3, 0.4) is 0 Å². The second kappa shape index (κ2) is 20.3. The molecule has 9 aliphatic rings. The molecule has 21 nitrogen and oxygen atoms in total. The van der Waals surface area contributed by atoms with E-state index in [1.54, 1.807) is 6.92 Å². The van der Waals surface area contributed by atoms with E-state index in [0.29, 0.717) is 12.8 Å². The first-order valence-corrected chi connectivity index (χ1v) is 27.1. The van der Waals surface area contributed by atoms with Gasteiger partial charge in [0.1, 0.15) is 66.8 Å². The van der Waals surface area contributed by atoms with Crippen molar-refractivity contribution in [3.63, 3.8) is 0 Å². The number of allylic oxidation sites excluding steroid dienone is 4. The number of carboxylic acid groups (broad SMARTS) is 1. The molecule has 75 heavy (non-hydrogen) atoms. The summed E-state index contributed by atoms with van der Waals surface area (Å²) in [6.45, 7) is 17.9. The van der Waals surface area contributed by atoms with Gasteiger partial charge in [0, 0.05) is 10.8 Å². The van der Waals surface area contributed by atoms with E-state index in [0.717, 1.165) is 44.9 Å². The Morgan fingerprint density at radius 2 is 1.35 bits per heavy atom. The van der Waals surface area contributed by atoms with Crippen LogP contribution in [0.4, 0.5) is 0 Å². The van der Waals surface area contributed by atoms with Crippen molar-refractivity contribution in [1.82, 2.24) is 0 Å². The van der Waals surface area contributed by atoms with E-state index in [4.69, 9.17) is 37.9 Å². The van der Waals surface area contributed by atoms with Crippen LogP contribution in [0.15, 0.2) is 23.2 Å². The largest absolute Gasteiger partial charge is 0.502 e. The zero-order chi connectivity index (χ0) is 54.9. The molecule has 7 fully saturated rings. The predicted octanol–water partition coefficient (Wildman–Crippen LogP) is 1.83. The third-order valence-corrected chi connectivity index (χ3v) is 21.0. The molecular weight excluding hydrogens is 985 g/mol. The number of Topliss-reactive ketones (excluding diaryl/α,β-unsaturated/α-hetero) is 1. The number of carboxylic acids is 1. The Morgan fingerprint density at radius 3 is 1.99 bits per heavy atom. The van der Waals surface area contributed by atoms with E-state index in [2.05, 4.69) is 47.6 Å². The van der Waals surface area contributed by atoms with Crippen molar-refractivity contribution in [3.8, 4) is 0 Å². The van der Waals surface area contributed by atoms with Crippen molar-refractivity contribution in [1.29, 1.82) is 0 Å². The lowest BCUT2D eigenvalue weighted by atomic mass is 9.33. The minimum absolute atomic E-state index is 0.0493. The Labute approximate surface area is 438 Å². The molecule has 0 amide bonds. The first-order chi connectivity index (χ1) is 35.0. The molecule has 426 valence electrons. The summed E-state index contributed by atoms with van der Waals surface area (Å²) < 4.78 is 49.1. The molecule has 26 atom stereocenters. The van der Waals surface area contributed by atoms with Gasteiger partial charge in [-0.25, -0.2) is 4.79 Å². The molecule has 4 saturated carbocycles. The number of rotatable bonds is 11. The van der Waals surface area contributed by atoms with Gasteiger partial charge in [-0.15, -0.1) is 0 Å². The minimum Gasteiger partial charge on any atom is -0.502 e. The van der Waals surface area contributed by atoms with Crippen molar-refractivity contribution < 1.29 is 104 Å². The fraction of sp³-hybridized carbons (Fsp3) is 0.889. The van der Waals surface area contributed by atoms with Crippen LogP contribution < -0.4 is 0 Å². The van der Waals surface area contributed by atoms with Crippen LogP contribution in [0, 0.1) is 50.2 Å². The first-order valence-electron chi connectivity index (χ1n) is 27.1. The van der Waals surface area contributed by atoms with Gasteiger partial charge in [0.05, 0.1) is 37.9 Å². The number of fused-ring (bicyclic) bond motifs is 7. The van der Waals surface area contributed by atoms with Crippen molar-refractivity contribution in [2.75, 3.05) is 13.2 Å². The van der Waals surface area contributed by atoms with Crippen LogP contribution in [0.5, 0.6) is 0 Å². The highest BCUT2D eigenvalue weighted by atomic mass is 16.8. The highest BCUT2D eigenvalue weighted by Gasteiger charge is 2.70. The molecule has 0 aromatic rings. The number of hydrogen-bond donors (Lipinski definition) is 11. The summed E-state index contributed by atoms with van der Waals surface area (Å²) in [6, 6.07) is 0. The van der Waals surface area contributed by atoms with Crippen LogP contribution in [-0.4, -0.2) is 192 Å². The van der Waals surface area contributed by atoms with Crippen LogP contribution in [0.2, 0.25) is 0 Å². The van der Waals surface area contributed by atoms with Gasteiger partial charge >= 0.3 is 5.97 Å². The quantitative estimate of drug-likeness (QED) is 0.104. The van der Waals surface area contributed by atoms with Gasteiger partial charge in [-0.3, -0.25) is 4.79 Å². The SMILES string of the molecule is CC1=C(O)C(=O)CC(OC2CC(C)(C)C[C@H]3C4=CC[C@@H]5[C@@]6(C)CC[C@H](O[C@@H]7O[C@H](C(=O)O)[C@H](O)[C@H](O)[C@H]7O[C@@H]7O[C@H](CO)[C@H](O)[C@H](O)[C@H]7O[C@@H]7O[C@@H](C)[C@H](O)[C@@H](O)[C@H]7O)[C@](C)(CO)[C@@H]6CC[C@@]5(C)[C@]4(C)CC[C@@]23C)O1. The van der Waals surface area contributed by atoms with Crippen LogP contribution >= 0.6 is 0 Å². The van der Waals surface area contributed by atoms with E-state index in [1.165, 1.54) is 12.5 Å². The Kier molecular flexibility index (Phi) is 15.5.